The molecular formula is C13H10Br2N2O3. The summed E-state index contributed by atoms with van der Waals surface area (Å²) in [6.45, 7) is 0.307. The fourth-order valence-corrected chi connectivity index (χ4v) is 2.54. The van der Waals surface area contributed by atoms with Crippen molar-refractivity contribution in [2.75, 3.05) is 0 Å². The van der Waals surface area contributed by atoms with Crippen LogP contribution >= 0.6 is 31.9 Å². The Morgan fingerprint density at radius 2 is 1.95 bits per heavy atom. The second-order valence-electron chi connectivity index (χ2n) is 3.90. The van der Waals surface area contributed by atoms with Crippen LogP contribution < -0.4 is 10.5 Å². The second kappa shape index (κ2) is 6.34. The molecule has 7 heteroatoms. The van der Waals surface area contributed by atoms with E-state index in [0.717, 1.165) is 10.0 Å². The van der Waals surface area contributed by atoms with Crippen LogP contribution in [-0.4, -0.2) is 4.92 Å². The highest BCUT2D eigenvalue weighted by atomic mass is 79.9. The lowest BCUT2D eigenvalue weighted by Gasteiger charge is -2.11. The van der Waals surface area contributed by atoms with E-state index in [9.17, 15) is 10.1 Å². The summed E-state index contributed by atoms with van der Waals surface area (Å²) >= 11 is 6.55. The van der Waals surface area contributed by atoms with E-state index < -0.39 is 4.92 Å². The van der Waals surface area contributed by atoms with Crippen molar-refractivity contribution in [1.82, 2.24) is 0 Å². The molecule has 0 radical (unpaired) electrons. The molecule has 0 bridgehead atoms. The first-order valence-corrected chi connectivity index (χ1v) is 7.20. The van der Waals surface area contributed by atoms with Crippen molar-refractivity contribution in [3.63, 3.8) is 0 Å². The van der Waals surface area contributed by atoms with Gasteiger partial charge in [-0.05, 0) is 40.2 Å². The first-order valence-electron chi connectivity index (χ1n) is 5.62. The van der Waals surface area contributed by atoms with Crippen LogP contribution in [0.25, 0.3) is 0 Å². The van der Waals surface area contributed by atoms with Crippen LogP contribution in [0.4, 0.5) is 5.69 Å². The van der Waals surface area contributed by atoms with Crippen LogP contribution in [0, 0.1) is 10.1 Å². The Bertz CT molecular complexity index is 662. The van der Waals surface area contributed by atoms with Crippen molar-refractivity contribution in [3.8, 4) is 11.5 Å². The molecular weight excluding hydrogens is 392 g/mol. The summed E-state index contributed by atoms with van der Waals surface area (Å²) in [5, 5.41) is 10.9. The smallest absolute Gasteiger partial charge is 0.287 e. The summed E-state index contributed by atoms with van der Waals surface area (Å²) in [6.07, 6.45) is 0. The fraction of sp³-hybridized carbons (Fsp3) is 0.0769. The standard InChI is InChI=1S/C13H10Br2N2O3/c14-9-4-5-11(8(6-9)7-16)20-12-3-1-2-10(13(12)15)17(18)19/h1-6H,7,16H2. The number of nitrogens with two attached hydrogens (primary N) is 1. The largest absolute Gasteiger partial charge is 0.456 e. The number of nitro groups is 1. The van der Waals surface area contributed by atoms with Crippen LogP contribution in [0.5, 0.6) is 11.5 Å². The quantitative estimate of drug-likeness (QED) is 0.609. The maximum atomic E-state index is 10.9. The van der Waals surface area contributed by atoms with Crippen LogP contribution in [0.3, 0.4) is 0 Å². The molecule has 0 saturated heterocycles. The number of rotatable bonds is 4. The van der Waals surface area contributed by atoms with Crippen LogP contribution in [-0.2, 0) is 6.54 Å². The minimum atomic E-state index is -0.470. The summed E-state index contributed by atoms with van der Waals surface area (Å²) in [5.41, 5.74) is 6.42. The van der Waals surface area contributed by atoms with Crippen molar-refractivity contribution in [2.45, 2.75) is 6.54 Å². The van der Waals surface area contributed by atoms with Gasteiger partial charge in [-0.3, -0.25) is 10.1 Å². The number of hydrogen-bond donors (Lipinski definition) is 1. The predicted octanol–water partition coefficient (Wildman–Crippen LogP) is 4.37. The molecule has 2 rings (SSSR count). The highest BCUT2D eigenvalue weighted by molar-refractivity contribution is 9.11. The lowest BCUT2D eigenvalue weighted by atomic mass is 10.2. The third kappa shape index (κ3) is 3.17. The molecule has 2 aromatic carbocycles. The van der Waals surface area contributed by atoms with E-state index >= 15 is 0 Å². The third-order valence-electron chi connectivity index (χ3n) is 2.60. The van der Waals surface area contributed by atoms with E-state index in [2.05, 4.69) is 31.9 Å². The topological polar surface area (TPSA) is 78.4 Å². The summed E-state index contributed by atoms with van der Waals surface area (Å²) in [6, 6.07) is 10.1. The molecule has 0 fully saturated rings. The summed E-state index contributed by atoms with van der Waals surface area (Å²) in [4.78, 5) is 10.4. The average Bonchev–Trinajstić information content (AvgIpc) is 2.42. The molecule has 0 unspecified atom stereocenters. The molecule has 0 heterocycles. The Labute approximate surface area is 132 Å². The number of ether oxygens (including phenoxy) is 1. The van der Waals surface area contributed by atoms with E-state index in [1.807, 2.05) is 12.1 Å². The molecule has 5 nitrogen and oxygen atoms in total. The molecule has 0 aliphatic rings. The molecule has 0 aliphatic heterocycles. The van der Waals surface area contributed by atoms with E-state index in [1.165, 1.54) is 6.07 Å². The van der Waals surface area contributed by atoms with Gasteiger partial charge in [0.15, 0.2) is 0 Å². The number of benzene rings is 2. The Morgan fingerprint density at radius 1 is 1.20 bits per heavy atom. The van der Waals surface area contributed by atoms with Gasteiger partial charge < -0.3 is 10.5 Å². The molecule has 2 N–H and O–H groups in total. The lowest BCUT2D eigenvalue weighted by molar-refractivity contribution is -0.385. The molecule has 0 aliphatic carbocycles. The first kappa shape index (κ1) is 15.0. The summed E-state index contributed by atoms with van der Waals surface area (Å²) in [7, 11) is 0. The Kier molecular flexibility index (Phi) is 4.74. The van der Waals surface area contributed by atoms with Gasteiger partial charge in [-0.2, -0.15) is 0 Å². The van der Waals surface area contributed by atoms with E-state index in [4.69, 9.17) is 10.5 Å². The van der Waals surface area contributed by atoms with E-state index in [0.29, 0.717) is 22.5 Å². The van der Waals surface area contributed by atoms with E-state index in [-0.39, 0.29) is 5.69 Å². The van der Waals surface area contributed by atoms with Crippen molar-refractivity contribution in [3.05, 3.63) is 61.0 Å². The van der Waals surface area contributed by atoms with Gasteiger partial charge in [0.1, 0.15) is 16.0 Å². The van der Waals surface area contributed by atoms with Crippen molar-refractivity contribution < 1.29 is 9.66 Å². The maximum Gasteiger partial charge on any atom is 0.287 e. The third-order valence-corrected chi connectivity index (χ3v) is 3.89. The molecule has 0 spiro atoms. The average molecular weight is 402 g/mol. The SMILES string of the molecule is NCc1cc(Br)ccc1Oc1cccc([N+](=O)[O-])c1Br. The number of nitro benzene ring substituents is 1. The highest BCUT2D eigenvalue weighted by Crippen LogP contribution is 2.37. The Morgan fingerprint density at radius 3 is 2.60 bits per heavy atom. The van der Waals surface area contributed by atoms with Crippen molar-refractivity contribution in [1.29, 1.82) is 0 Å². The lowest BCUT2D eigenvalue weighted by Crippen LogP contribution is -2.00. The molecule has 20 heavy (non-hydrogen) atoms. The molecule has 0 saturated carbocycles. The number of hydrogen-bond acceptors (Lipinski definition) is 4. The zero-order valence-electron chi connectivity index (χ0n) is 10.2. The Balaban J connectivity index is 2.40. The van der Waals surface area contributed by atoms with Gasteiger partial charge in [0.2, 0.25) is 0 Å². The summed E-state index contributed by atoms with van der Waals surface area (Å²) < 4.78 is 6.92. The molecule has 0 aromatic heterocycles. The van der Waals surface area contributed by atoms with Gasteiger partial charge in [-0.15, -0.1) is 0 Å². The summed E-state index contributed by atoms with van der Waals surface area (Å²) in [5.74, 6) is 0.938. The molecule has 0 amide bonds. The van der Waals surface area contributed by atoms with Crippen molar-refractivity contribution in [2.24, 2.45) is 5.73 Å². The molecule has 0 atom stereocenters. The normalized spacial score (nSPS) is 10.3. The fourth-order valence-electron chi connectivity index (χ4n) is 1.64. The second-order valence-corrected chi connectivity index (χ2v) is 5.61. The van der Waals surface area contributed by atoms with Crippen molar-refractivity contribution >= 4 is 37.5 Å². The zero-order chi connectivity index (χ0) is 14.7. The van der Waals surface area contributed by atoms with E-state index in [1.54, 1.807) is 18.2 Å². The predicted molar refractivity (Wildman–Crippen MR) is 82.9 cm³/mol. The van der Waals surface area contributed by atoms with Gasteiger partial charge in [0.05, 0.1) is 4.92 Å². The van der Waals surface area contributed by atoms with Gasteiger partial charge in [-0.25, -0.2) is 0 Å². The minimum absolute atomic E-state index is 0.0473. The minimum Gasteiger partial charge on any atom is -0.456 e. The van der Waals surface area contributed by atoms with Crippen LogP contribution in [0.1, 0.15) is 5.56 Å². The first-order chi connectivity index (χ1) is 9.52. The zero-order valence-corrected chi connectivity index (χ0v) is 13.3. The maximum absolute atomic E-state index is 10.9. The Hall–Kier alpha value is -1.44. The number of nitrogens with zero attached hydrogens (tertiary/aromatic N) is 1. The van der Waals surface area contributed by atoms with Gasteiger partial charge in [-0.1, -0.05) is 22.0 Å². The number of halogens is 2. The molecule has 2 aromatic rings. The van der Waals surface area contributed by atoms with Crippen LogP contribution in [0.15, 0.2) is 45.3 Å². The van der Waals surface area contributed by atoms with Crippen LogP contribution in [0.2, 0.25) is 0 Å². The van der Waals surface area contributed by atoms with Gasteiger partial charge in [0, 0.05) is 22.6 Å². The van der Waals surface area contributed by atoms with Gasteiger partial charge >= 0.3 is 0 Å². The van der Waals surface area contributed by atoms with Gasteiger partial charge in [0.25, 0.3) is 5.69 Å². The molecule has 104 valence electrons. The monoisotopic (exact) mass is 400 g/mol. The highest BCUT2D eigenvalue weighted by Gasteiger charge is 2.17.